The van der Waals surface area contributed by atoms with Crippen LogP contribution in [0.2, 0.25) is 0 Å². The Kier molecular flexibility index (Phi) is 5.74. The molecule has 1 aromatic carbocycles. The molecule has 0 heterocycles. The Balaban J connectivity index is 2.68. The van der Waals surface area contributed by atoms with Gasteiger partial charge in [-0.05, 0) is 44.5 Å². The largest absolute Gasteiger partial charge is 0.350 e. The minimum atomic E-state index is -3.31. The van der Waals surface area contributed by atoms with Crippen LogP contribution < -0.4 is 15.8 Å². The third kappa shape index (κ3) is 6.59. The second-order valence-electron chi connectivity index (χ2n) is 5.67. The average Bonchev–Trinajstić information content (AvgIpc) is 2.35. The minimum absolute atomic E-state index is 0.0703. The van der Waals surface area contributed by atoms with Gasteiger partial charge in [0.2, 0.25) is 10.0 Å². The normalized spacial score (nSPS) is 12.0. The number of nitrogens with one attached hydrogen (secondary N) is 2. The van der Waals surface area contributed by atoms with Crippen LogP contribution in [0, 0.1) is 0 Å². The molecule has 0 bridgehead atoms. The third-order valence-corrected chi connectivity index (χ3v) is 4.09. The molecule has 0 aliphatic heterocycles. The van der Waals surface area contributed by atoms with Gasteiger partial charge in [0.1, 0.15) is 0 Å². The number of sulfonamides is 1. The van der Waals surface area contributed by atoms with Gasteiger partial charge in [0, 0.05) is 23.3 Å². The van der Waals surface area contributed by atoms with E-state index < -0.39 is 15.6 Å². The first-order valence-electron chi connectivity index (χ1n) is 6.80. The number of carbonyl (C=O) groups excluding carboxylic acids is 1. The van der Waals surface area contributed by atoms with E-state index in [0.29, 0.717) is 24.2 Å². The van der Waals surface area contributed by atoms with Gasteiger partial charge in [0.05, 0.1) is 5.75 Å². The number of nitrogens with two attached hydrogens (primary N) is 1. The van der Waals surface area contributed by atoms with E-state index in [9.17, 15) is 13.2 Å². The second-order valence-corrected chi connectivity index (χ2v) is 7.51. The molecule has 0 fully saturated rings. The first-order valence-corrected chi connectivity index (χ1v) is 8.46. The fraction of sp³-hybridized carbons (Fsp3) is 0.500. The first kappa shape index (κ1) is 17.5. The van der Waals surface area contributed by atoms with Crippen LogP contribution >= 0.6 is 0 Å². The standard InChI is InChI=1S/C14H23N3O3S/c1-4-9-21(19,20)17-12-7-5-11(6-8-12)13(18)16-10-14(2,3)15/h5-8,17H,4,9-10,15H2,1-3H3,(H,16,18). The molecule has 1 aromatic rings. The van der Waals surface area contributed by atoms with Crippen molar-refractivity contribution < 1.29 is 13.2 Å². The lowest BCUT2D eigenvalue weighted by atomic mass is 10.1. The molecule has 4 N–H and O–H groups in total. The highest BCUT2D eigenvalue weighted by Gasteiger charge is 2.14. The number of rotatable bonds is 7. The lowest BCUT2D eigenvalue weighted by Crippen LogP contribution is -2.45. The lowest BCUT2D eigenvalue weighted by Gasteiger charge is -2.18. The van der Waals surface area contributed by atoms with Crippen molar-refractivity contribution in [3.63, 3.8) is 0 Å². The summed E-state index contributed by atoms with van der Waals surface area (Å²) in [5, 5.41) is 2.72. The molecule has 1 rings (SSSR count). The van der Waals surface area contributed by atoms with Gasteiger partial charge < -0.3 is 11.1 Å². The highest BCUT2D eigenvalue weighted by atomic mass is 32.2. The van der Waals surface area contributed by atoms with Crippen LogP contribution in [-0.2, 0) is 10.0 Å². The molecule has 0 saturated carbocycles. The van der Waals surface area contributed by atoms with Crippen molar-refractivity contribution in [1.82, 2.24) is 5.32 Å². The smallest absolute Gasteiger partial charge is 0.251 e. The summed E-state index contributed by atoms with van der Waals surface area (Å²) >= 11 is 0. The molecule has 0 aliphatic rings. The summed E-state index contributed by atoms with van der Waals surface area (Å²) in [6.45, 7) is 5.79. The monoisotopic (exact) mass is 313 g/mol. The molecule has 0 spiro atoms. The van der Waals surface area contributed by atoms with Gasteiger partial charge in [-0.1, -0.05) is 6.92 Å². The topological polar surface area (TPSA) is 101 Å². The van der Waals surface area contributed by atoms with Crippen LogP contribution in [0.4, 0.5) is 5.69 Å². The van der Waals surface area contributed by atoms with E-state index in [1.807, 2.05) is 13.8 Å². The molecule has 118 valence electrons. The van der Waals surface area contributed by atoms with E-state index in [-0.39, 0.29) is 11.7 Å². The molecule has 1 amide bonds. The Morgan fingerprint density at radius 2 is 1.81 bits per heavy atom. The summed E-state index contributed by atoms with van der Waals surface area (Å²) in [5.41, 5.74) is 6.21. The summed E-state index contributed by atoms with van der Waals surface area (Å²) in [7, 11) is -3.31. The summed E-state index contributed by atoms with van der Waals surface area (Å²) in [4.78, 5) is 11.9. The average molecular weight is 313 g/mol. The third-order valence-electron chi connectivity index (χ3n) is 2.60. The fourth-order valence-electron chi connectivity index (χ4n) is 1.60. The highest BCUT2D eigenvalue weighted by Crippen LogP contribution is 2.12. The first-order chi connectivity index (χ1) is 9.63. The molecule has 0 saturated heterocycles. The Morgan fingerprint density at radius 1 is 1.24 bits per heavy atom. The van der Waals surface area contributed by atoms with Crippen LogP contribution in [0.1, 0.15) is 37.6 Å². The maximum Gasteiger partial charge on any atom is 0.251 e. The Morgan fingerprint density at radius 3 is 2.29 bits per heavy atom. The van der Waals surface area contributed by atoms with E-state index in [0.717, 1.165) is 0 Å². The minimum Gasteiger partial charge on any atom is -0.350 e. The van der Waals surface area contributed by atoms with Crippen molar-refractivity contribution in [2.24, 2.45) is 5.73 Å². The summed E-state index contributed by atoms with van der Waals surface area (Å²) in [5.74, 6) is -0.169. The molecule has 0 unspecified atom stereocenters. The fourth-order valence-corrected chi connectivity index (χ4v) is 2.73. The maximum atomic E-state index is 11.9. The Labute approximate surface area is 126 Å². The van der Waals surface area contributed by atoms with Gasteiger partial charge in [0.25, 0.3) is 5.91 Å². The molecule has 0 atom stereocenters. The van der Waals surface area contributed by atoms with E-state index in [1.54, 1.807) is 31.2 Å². The van der Waals surface area contributed by atoms with Crippen molar-refractivity contribution in [2.45, 2.75) is 32.7 Å². The molecule has 21 heavy (non-hydrogen) atoms. The van der Waals surface area contributed by atoms with Crippen LogP contribution in [0.3, 0.4) is 0 Å². The van der Waals surface area contributed by atoms with Gasteiger partial charge >= 0.3 is 0 Å². The van der Waals surface area contributed by atoms with Crippen molar-refractivity contribution in [3.05, 3.63) is 29.8 Å². The summed E-state index contributed by atoms with van der Waals surface area (Å²) < 4.78 is 25.7. The van der Waals surface area contributed by atoms with Crippen LogP contribution in [-0.4, -0.2) is 32.2 Å². The van der Waals surface area contributed by atoms with Crippen molar-refractivity contribution in [1.29, 1.82) is 0 Å². The number of anilines is 1. The predicted molar refractivity (Wildman–Crippen MR) is 84.7 cm³/mol. The van der Waals surface area contributed by atoms with Gasteiger partial charge in [-0.2, -0.15) is 0 Å². The number of carbonyl (C=O) groups is 1. The Hall–Kier alpha value is -1.60. The van der Waals surface area contributed by atoms with Gasteiger partial charge in [-0.3, -0.25) is 9.52 Å². The Bertz CT molecular complexity index is 574. The molecular formula is C14H23N3O3S. The summed E-state index contributed by atoms with van der Waals surface area (Å²) in [6, 6.07) is 6.27. The molecule has 0 radical (unpaired) electrons. The van der Waals surface area contributed by atoms with Gasteiger partial charge in [-0.15, -0.1) is 0 Å². The number of hydrogen-bond donors (Lipinski definition) is 3. The van der Waals surface area contributed by atoms with E-state index in [1.165, 1.54) is 0 Å². The number of benzene rings is 1. The van der Waals surface area contributed by atoms with Crippen molar-refractivity contribution >= 4 is 21.6 Å². The zero-order chi connectivity index (χ0) is 16.1. The number of hydrogen-bond acceptors (Lipinski definition) is 4. The summed E-state index contributed by atoms with van der Waals surface area (Å²) in [6.07, 6.45) is 0.546. The van der Waals surface area contributed by atoms with Crippen LogP contribution in [0.5, 0.6) is 0 Å². The van der Waals surface area contributed by atoms with Crippen LogP contribution in [0.15, 0.2) is 24.3 Å². The van der Waals surface area contributed by atoms with Crippen LogP contribution in [0.25, 0.3) is 0 Å². The quantitative estimate of drug-likeness (QED) is 0.706. The van der Waals surface area contributed by atoms with Crippen molar-refractivity contribution in [2.75, 3.05) is 17.0 Å². The zero-order valence-corrected chi connectivity index (χ0v) is 13.5. The molecule has 6 nitrogen and oxygen atoms in total. The van der Waals surface area contributed by atoms with E-state index in [2.05, 4.69) is 10.0 Å². The SMILES string of the molecule is CCCS(=O)(=O)Nc1ccc(C(=O)NCC(C)(C)N)cc1. The highest BCUT2D eigenvalue weighted by molar-refractivity contribution is 7.92. The molecule has 0 aliphatic carbocycles. The molecule has 7 heteroatoms. The molecular weight excluding hydrogens is 290 g/mol. The van der Waals surface area contributed by atoms with Gasteiger partial charge in [-0.25, -0.2) is 8.42 Å². The lowest BCUT2D eigenvalue weighted by molar-refractivity contribution is 0.0946. The zero-order valence-electron chi connectivity index (χ0n) is 12.6. The van der Waals surface area contributed by atoms with E-state index >= 15 is 0 Å². The second kappa shape index (κ2) is 6.91. The predicted octanol–water partition coefficient (Wildman–Crippen LogP) is 1.31. The van der Waals surface area contributed by atoms with Gasteiger partial charge in [0.15, 0.2) is 0 Å². The maximum absolute atomic E-state index is 11.9. The number of amides is 1. The molecule has 0 aromatic heterocycles. The van der Waals surface area contributed by atoms with Crippen molar-refractivity contribution in [3.8, 4) is 0 Å². The van der Waals surface area contributed by atoms with E-state index in [4.69, 9.17) is 5.73 Å².